The minimum atomic E-state index is -0.413. The highest BCUT2D eigenvalue weighted by molar-refractivity contribution is 6.15. The van der Waals surface area contributed by atoms with E-state index in [4.69, 9.17) is 4.42 Å². The van der Waals surface area contributed by atoms with Gasteiger partial charge in [-0.15, -0.1) is 0 Å². The number of furan rings is 1. The van der Waals surface area contributed by atoms with Gasteiger partial charge in [0.15, 0.2) is 0 Å². The predicted octanol–water partition coefficient (Wildman–Crippen LogP) is 4.92. The lowest BCUT2D eigenvalue weighted by Crippen LogP contribution is -2.11. The van der Waals surface area contributed by atoms with Crippen LogP contribution in [0.3, 0.4) is 0 Å². The Labute approximate surface area is 156 Å². The molecule has 6 nitrogen and oxygen atoms in total. The van der Waals surface area contributed by atoms with E-state index in [-0.39, 0.29) is 5.69 Å². The minimum Gasteiger partial charge on any atom is -0.457 e. The molecule has 0 unspecified atom stereocenters. The average molecular weight is 359 g/mol. The third-order valence-electron chi connectivity index (χ3n) is 4.42. The number of aliphatic imine (C=N–C) groups is 1. The molecule has 3 heterocycles. The molecule has 0 spiro atoms. The summed E-state index contributed by atoms with van der Waals surface area (Å²) in [6.45, 7) is 0.813. The molecule has 27 heavy (non-hydrogen) atoms. The van der Waals surface area contributed by atoms with E-state index < -0.39 is 4.92 Å². The zero-order chi connectivity index (χ0) is 18.6. The van der Waals surface area contributed by atoms with Crippen molar-refractivity contribution in [2.75, 3.05) is 6.54 Å². The minimum absolute atomic E-state index is 0.0622. The summed E-state index contributed by atoms with van der Waals surface area (Å²) >= 11 is 0. The van der Waals surface area contributed by atoms with Crippen LogP contribution in [0.5, 0.6) is 0 Å². The first-order valence-electron chi connectivity index (χ1n) is 8.71. The van der Waals surface area contributed by atoms with Crippen LogP contribution in [0.1, 0.15) is 24.2 Å². The molecule has 6 heteroatoms. The summed E-state index contributed by atoms with van der Waals surface area (Å²) in [5.41, 5.74) is 3.95. The molecule has 4 rings (SSSR count). The molecular formula is C21H17N3O3. The molecule has 0 fully saturated rings. The number of benzene rings is 1. The number of nitro benzene ring substituents is 1. The van der Waals surface area contributed by atoms with E-state index in [1.54, 1.807) is 18.3 Å². The summed E-state index contributed by atoms with van der Waals surface area (Å²) in [6.07, 6.45) is 7.52. The molecule has 1 aliphatic rings. The average Bonchev–Trinajstić information content (AvgIpc) is 3.18. The van der Waals surface area contributed by atoms with Crippen molar-refractivity contribution in [3.8, 4) is 11.3 Å². The number of hydrogen-bond acceptors (Lipinski definition) is 5. The van der Waals surface area contributed by atoms with Gasteiger partial charge in [0.2, 0.25) is 0 Å². The Morgan fingerprint density at radius 3 is 2.67 bits per heavy atom. The molecule has 0 atom stereocenters. The van der Waals surface area contributed by atoms with E-state index in [9.17, 15) is 10.1 Å². The van der Waals surface area contributed by atoms with Crippen LogP contribution in [0, 0.1) is 10.1 Å². The molecule has 0 saturated carbocycles. The first-order valence-corrected chi connectivity index (χ1v) is 8.71. The molecule has 1 aromatic carbocycles. The van der Waals surface area contributed by atoms with Gasteiger partial charge in [-0.25, -0.2) is 0 Å². The topological polar surface area (TPSA) is 81.5 Å². The van der Waals surface area contributed by atoms with Crippen LogP contribution in [0.25, 0.3) is 17.4 Å². The maximum absolute atomic E-state index is 10.8. The van der Waals surface area contributed by atoms with Gasteiger partial charge in [-0.05, 0) is 60.9 Å². The molecule has 0 amide bonds. The number of rotatable bonds is 4. The van der Waals surface area contributed by atoms with Gasteiger partial charge < -0.3 is 4.42 Å². The molecular weight excluding hydrogens is 342 g/mol. The van der Waals surface area contributed by atoms with Crippen molar-refractivity contribution in [3.63, 3.8) is 0 Å². The Kier molecular flexibility index (Phi) is 4.61. The monoisotopic (exact) mass is 359 g/mol. The molecule has 0 bridgehead atoms. The predicted molar refractivity (Wildman–Crippen MR) is 104 cm³/mol. The lowest BCUT2D eigenvalue weighted by Gasteiger charge is -2.15. The van der Waals surface area contributed by atoms with Gasteiger partial charge in [0.25, 0.3) is 5.69 Å². The summed E-state index contributed by atoms with van der Waals surface area (Å²) in [5, 5.41) is 10.8. The second-order valence-electron chi connectivity index (χ2n) is 6.25. The van der Waals surface area contributed by atoms with Gasteiger partial charge in [0.05, 0.1) is 10.6 Å². The maximum Gasteiger partial charge on any atom is 0.269 e. The lowest BCUT2D eigenvalue weighted by atomic mass is 9.96. The zero-order valence-corrected chi connectivity index (χ0v) is 14.5. The summed E-state index contributed by atoms with van der Waals surface area (Å²) in [7, 11) is 0. The van der Waals surface area contributed by atoms with Crippen LogP contribution in [0.2, 0.25) is 0 Å². The molecule has 0 radical (unpaired) electrons. The van der Waals surface area contributed by atoms with E-state index in [2.05, 4.69) is 9.98 Å². The van der Waals surface area contributed by atoms with E-state index in [0.717, 1.165) is 47.6 Å². The number of pyridine rings is 1. The van der Waals surface area contributed by atoms with Crippen molar-refractivity contribution in [2.45, 2.75) is 12.8 Å². The van der Waals surface area contributed by atoms with E-state index in [1.165, 1.54) is 12.1 Å². The Bertz CT molecular complexity index is 1020. The summed E-state index contributed by atoms with van der Waals surface area (Å²) in [4.78, 5) is 19.2. The van der Waals surface area contributed by atoms with Crippen molar-refractivity contribution >= 4 is 17.5 Å². The highest BCUT2D eigenvalue weighted by atomic mass is 16.6. The van der Waals surface area contributed by atoms with Gasteiger partial charge in [-0.1, -0.05) is 0 Å². The van der Waals surface area contributed by atoms with Gasteiger partial charge >= 0.3 is 0 Å². The smallest absolute Gasteiger partial charge is 0.269 e. The van der Waals surface area contributed by atoms with Crippen LogP contribution in [0.4, 0.5) is 5.69 Å². The number of aromatic nitrogens is 1. The number of hydrogen-bond donors (Lipinski definition) is 0. The van der Waals surface area contributed by atoms with Gasteiger partial charge in [0, 0.05) is 42.2 Å². The first-order chi connectivity index (χ1) is 13.2. The first kappa shape index (κ1) is 16.9. The molecule has 0 aliphatic carbocycles. The molecule has 2 aromatic heterocycles. The van der Waals surface area contributed by atoms with E-state index >= 15 is 0 Å². The lowest BCUT2D eigenvalue weighted by molar-refractivity contribution is -0.384. The van der Waals surface area contributed by atoms with Crippen molar-refractivity contribution in [1.29, 1.82) is 0 Å². The maximum atomic E-state index is 10.8. The fourth-order valence-electron chi connectivity index (χ4n) is 3.11. The van der Waals surface area contributed by atoms with Gasteiger partial charge in [-0.2, -0.15) is 0 Å². The van der Waals surface area contributed by atoms with Gasteiger partial charge in [0.1, 0.15) is 11.5 Å². The molecule has 0 saturated heterocycles. The number of non-ortho nitro benzene ring substituents is 1. The Morgan fingerprint density at radius 2 is 1.93 bits per heavy atom. The highest BCUT2D eigenvalue weighted by Crippen LogP contribution is 2.27. The van der Waals surface area contributed by atoms with E-state index in [0.29, 0.717) is 5.76 Å². The Morgan fingerprint density at radius 1 is 1.07 bits per heavy atom. The van der Waals surface area contributed by atoms with Gasteiger partial charge in [-0.3, -0.25) is 20.1 Å². The van der Waals surface area contributed by atoms with Crippen molar-refractivity contribution in [1.82, 2.24) is 4.98 Å². The zero-order valence-electron chi connectivity index (χ0n) is 14.5. The standard InChI is InChI=1S/C21H17N3O3/c25-24(26)18-7-5-15(6-8-18)20-10-9-19(27-20)13-16-3-2-12-23-21(16)17-4-1-11-22-14-17/h1,4-11,13-14H,2-3,12H2. The highest BCUT2D eigenvalue weighted by Gasteiger charge is 2.15. The molecule has 0 N–H and O–H groups in total. The van der Waals surface area contributed by atoms with Crippen LogP contribution < -0.4 is 0 Å². The number of nitro groups is 1. The van der Waals surface area contributed by atoms with Crippen LogP contribution in [0.15, 0.2) is 75.9 Å². The second-order valence-corrected chi connectivity index (χ2v) is 6.25. The summed E-state index contributed by atoms with van der Waals surface area (Å²) in [5.74, 6) is 1.41. The number of nitrogens with zero attached hydrogens (tertiary/aromatic N) is 3. The summed E-state index contributed by atoms with van der Waals surface area (Å²) in [6, 6.07) is 14.0. The SMILES string of the molecule is O=[N+]([O-])c1ccc(-c2ccc(C=C3CCCN=C3c3cccnc3)o2)cc1. The van der Waals surface area contributed by atoms with Crippen molar-refractivity contribution in [3.05, 3.63) is 87.9 Å². The normalized spacial score (nSPS) is 15.6. The van der Waals surface area contributed by atoms with Crippen LogP contribution in [-0.4, -0.2) is 22.2 Å². The second kappa shape index (κ2) is 7.37. The summed E-state index contributed by atoms with van der Waals surface area (Å²) < 4.78 is 5.94. The largest absolute Gasteiger partial charge is 0.457 e. The fourth-order valence-corrected chi connectivity index (χ4v) is 3.11. The van der Waals surface area contributed by atoms with Crippen molar-refractivity contribution in [2.24, 2.45) is 4.99 Å². The number of allylic oxidation sites excluding steroid dienone is 1. The quantitative estimate of drug-likeness (QED) is 0.489. The Hall–Kier alpha value is -3.54. The molecule has 1 aliphatic heterocycles. The van der Waals surface area contributed by atoms with E-state index in [1.807, 2.05) is 36.5 Å². The third kappa shape index (κ3) is 3.69. The van der Waals surface area contributed by atoms with Crippen LogP contribution >= 0.6 is 0 Å². The molecule has 3 aromatic rings. The third-order valence-corrected chi connectivity index (χ3v) is 4.42. The fraction of sp³-hybridized carbons (Fsp3) is 0.143. The Balaban J connectivity index is 1.62. The van der Waals surface area contributed by atoms with Crippen molar-refractivity contribution < 1.29 is 9.34 Å². The molecule has 134 valence electrons. The van der Waals surface area contributed by atoms with Crippen LogP contribution in [-0.2, 0) is 0 Å².